The highest BCUT2D eigenvalue weighted by molar-refractivity contribution is 5.94. The van der Waals surface area contributed by atoms with Gasteiger partial charge < -0.3 is 20.1 Å². The van der Waals surface area contributed by atoms with Crippen LogP contribution in [0.25, 0.3) is 0 Å². The van der Waals surface area contributed by atoms with Crippen molar-refractivity contribution in [2.45, 2.75) is 77.9 Å². The zero-order valence-corrected chi connectivity index (χ0v) is 23.0. The van der Waals surface area contributed by atoms with Crippen LogP contribution >= 0.6 is 0 Å². The molecule has 2 aromatic carbocycles. The average Bonchev–Trinajstić information content (AvgIpc) is 3.32. The van der Waals surface area contributed by atoms with Gasteiger partial charge in [-0.05, 0) is 67.2 Å². The van der Waals surface area contributed by atoms with Crippen LogP contribution in [-0.2, 0) is 9.53 Å². The SMILES string of the molecule is CC(N=C1OCC(c2ccc(C(=O)NCCC(=O)O)cc2)N1C1CCC(C(C)(C)C)CC1)c1ccccc1. The number of hydrogen-bond acceptors (Lipinski definition) is 4. The summed E-state index contributed by atoms with van der Waals surface area (Å²) >= 11 is 0. The van der Waals surface area contributed by atoms with Crippen molar-refractivity contribution >= 4 is 17.9 Å². The number of ether oxygens (including phenoxy) is 1. The topological polar surface area (TPSA) is 91.2 Å². The molecule has 1 aliphatic heterocycles. The van der Waals surface area contributed by atoms with E-state index in [-0.39, 0.29) is 31.0 Å². The summed E-state index contributed by atoms with van der Waals surface area (Å²) in [5.41, 5.74) is 3.07. The first-order valence-corrected chi connectivity index (χ1v) is 13.8. The fourth-order valence-electron chi connectivity index (χ4n) is 5.65. The zero-order chi connectivity index (χ0) is 27.3. The van der Waals surface area contributed by atoms with E-state index in [1.807, 2.05) is 42.5 Å². The van der Waals surface area contributed by atoms with Gasteiger partial charge in [0.15, 0.2) is 0 Å². The molecule has 1 heterocycles. The van der Waals surface area contributed by atoms with Crippen LogP contribution in [0, 0.1) is 11.3 Å². The van der Waals surface area contributed by atoms with Crippen molar-refractivity contribution in [3.05, 3.63) is 71.3 Å². The minimum absolute atomic E-state index is 0.0183. The smallest absolute Gasteiger partial charge is 0.305 e. The Hall–Kier alpha value is -3.35. The Kier molecular flexibility index (Phi) is 8.75. The number of amidine groups is 1. The van der Waals surface area contributed by atoms with Crippen molar-refractivity contribution in [2.75, 3.05) is 13.2 Å². The summed E-state index contributed by atoms with van der Waals surface area (Å²) in [6, 6.07) is 18.9. The molecule has 7 heteroatoms. The molecule has 4 rings (SSSR count). The monoisotopic (exact) mass is 519 g/mol. The van der Waals surface area contributed by atoms with Gasteiger partial charge in [0, 0.05) is 18.2 Å². The molecule has 1 amide bonds. The lowest BCUT2D eigenvalue weighted by Gasteiger charge is -2.41. The fourth-order valence-corrected chi connectivity index (χ4v) is 5.65. The number of carbonyl (C=O) groups excluding carboxylic acids is 1. The minimum atomic E-state index is -0.933. The summed E-state index contributed by atoms with van der Waals surface area (Å²) in [7, 11) is 0. The molecule has 2 fully saturated rings. The van der Waals surface area contributed by atoms with Crippen LogP contribution in [0.5, 0.6) is 0 Å². The van der Waals surface area contributed by atoms with Gasteiger partial charge >= 0.3 is 5.97 Å². The molecule has 2 aromatic rings. The third-order valence-corrected chi connectivity index (χ3v) is 8.01. The number of aliphatic imine (C=N–C) groups is 1. The normalized spacial score (nSPS) is 23.6. The number of carboxylic acid groups (broad SMARTS) is 1. The summed E-state index contributed by atoms with van der Waals surface area (Å²) in [4.78, 5) is 30.6. The molecule has 38 heavy (non-hydrogen) atoms. The lowest BCUT2D eigenvalue weighted by atomic mass is 9.71. The van der Waals surface area contributed by atoms with E-state index in [9.17, 15) is 9.59 Å². The van der Waals surface area contributed by atoms with E-state index in [1.54, 1.807) is 0 Å². The largest absolute Gasteiger partial charge is 0.481 e. The van der Waals surface area contributed by atoms with Gasteiger partial charge in [-0.15, -0.1) is 0 Å². The van der Waals surface area contributed by atoms with Crippen molar-refractivity contribution < 1.29 is 19.4 Å². The highest BCUT2D eigenvalue weighted by atomic mass is 16.5. The predicted molar refractivity (Wildman–Crippen MR) is 149 cm³/mol. The molecule has 2 atom stereocenters. The van der Waals surface area contributed by atoms with Crippen LogP contribution in [0.2, 0.25) is 0 Å². The first kappa shape index (κ1) is 27.7. The molecular weight excluding hydrogens is 478 g/mol. The third-order valence-electron chi connectivity index (χ3n) is 8.01. The zero-order valence-electron chi connectivity index (χ0n) is 23.0. The molecule has 1 aliphatic carbocycles. The Morgan fingerprint density at radius 3 is 2.32 bits per heavy atom. The van der Waals surface area contributed by atoms with E-state index in [4.69, 9.17) is 14.8 Å². The Morgan fingerprint density at radius 2 is 1.71 bits per heavy atom. The maximum absolute atomic E-state index is 12.4. The van der Waals surface area contributed by atoms with Crippen LogP contribution in [0.1, 0.15) is 93.4 Å². The summed E-state index contributed by atoms with van der Waals surface area (Å²) in [5, 5.41) is 11.5. The van der Waals surface area contributed by atoms with Crippen molar-refractivity contribution in [1.82, 2.24) is 10.2 Å². The molecule has 0 aromatic heterocycles. The molecule has 7 nitrogen and oxygen atoms in total. The molecule has 0 spiro atoms. The highest BCUT2D eigenvalue weighted by Gasteiger charge is 2.41. The predicted octanol–water partition coefficient (Wildman–Crippen LogP) is 5.99. The van der Waals surface area contributed by atoms with Crippen molar-refractivity contribution in [3.63, 3.8) is 0 Å². The lowest BCUT2D eigenvalue weighted by Crippen LogP contribution is -2.42. The van der Waals surface area contributed by atoms with Gasteiger partial charge in [0.05, 0.1) is 18.5 Å². The van der Waals surface area contributed by atoms with Gasteiger partial charge in [-0.3, -0.25) is 9.59 Å². The molecule has 204 valence electrons. The quantitative estimate of drug-likeness (QED) is 0.447. The first-order valence-electron chi connectivity index (χ1n) is 13.8. The van der Waals surface area contributed by atoms with Gasteiger partial charge in [0.1, 0.15) is 6.61 Å². The van der Waals surface area contributed by atoms with E-state index in [0.29, 0.717) is 35.6 Å². The first-order chi connectivity index (χ1) is 18.1. The molecule has 0 bridgehead atoms. The Morgan fingerprint density at radius 1 is 1.05 bits per heavy atom. The molecular formula is C31H41N3O4. The highest BCUT2D eigenvalue weighted by Crippen LogP contribution is 2.42. The standard InChI is InChI=1S/C31H41N3O4/c1-21(22-8-6-5-7-9-22)33-30-34(26-16-14-25(15-17-26)31(2,3)4)27(20-38-30)23-10-12-24(13-11-23)29(37)32-19-18-28(35)36/h5-13,21,25-27H,14-20H2,1-4H3,(H,32,37)(H,35,36). The second-order valence-electron chi connectivity index (χ2n) is 11.6. The number of rotatable bonds is 8. The van der Waals surface area contributed by atoms with Crippen molar-refractivity contribution in [2.24, 2.45) is 16.3 Å². The third kappa shape index (κ3) is 6.74. The molecule has 2 aliphatic rings. The van der Waals surface area contributed by atoms with Crippen molar-refractivity contribution in [1.29, 1.82) is 0 Å². The summed E-state index contributed by atoms with van der Waals surface area (Å²) in [5.74, 6) is -0.488. The van der Waals surface area contributed by atoms with E-state index in [0.717, 1.165) is 24.0 Å². The number of carboxylic acids is 1. The van der Waals surface area contributed by atoms with E-state index >= 15 is 0 Å². The number of nitrogens with one attached hydrogen (secondary N) is 1. The Labute approximate surface area is 226 Å². The fraction of sp³-hybridized carbons (Fsp3) is 0.516. The number of carbonyl (C=O) groups is 2. The maximum Gasteiger partial charge on any atom is 0.305 e. The van der Waals surface area contributed by atoms with Gasteiger partial charge in [-0.25, -0.2) is 4.99 Å². The number of amides is 1. The lowest BCUT2D eigenvalue weighted by molar-refractivity contribution is -0.136. The summed E-state index contributed by atoms with van der Waals surface area (Å²) < 4.78 is 6.27. The van der Waals surface area contributed by atoms with Crippen molar-refractivity contribution in [3.8, 4) is 0 Å². The van der Waals surface area contributed by atoms with Crippen LogP contribution in [-0.4, -0.2) is 47.1 Å². The van der Waals surface area contributed by atoms with Crippen LogP contribution in [0.3, 0.4) is 0 Å². The van der Waals surface area contributed by atoms with Gasteiger partial charge in [0.2, 0.25) is 0 Å². The molecule has 2 N–H and O–H groups in total. The number of nitrogens with zero attached hydrogens (tertiary/aromatic N) is 2. The van der Waals surface area contributed by atoms with Gasteiger partial charge in [0.25, 0.3) is 11.9 Å². The molecule has 1 saturated heterocycles. The summed E-state index contributed by atoms with van der Waals surface area (Å²) in [6.45, 7) is 9.75. The molecule has 1 saturated carbocycles. The number of aliphatic carboxylic acids is 1. The van der Waals surface area contributed by atoms with Crippen LogP contribution in [0.4, 0.5) is 0 Å². The van der Waals surface area contributed by atoms with Gasteiger partial charge in [-0.2, -0.15) is 0 Å². The Balaban J connectivity index is 1.54. The average molecular weight is 520 g/mol. The van der Waals surface area contributed by atoms with E-state index in [1.165, 1.54) is 12.8 Å². The number of benzene rings is 2. The molecule has 2 unspecified atom stereocenters. The number of hydrogen-bond donors (Lipinski definition) is 2. The van der Waals surface area contributed by atoms with E-state index in [2.05, 4.69) is 50.0 Å². The van der Waals surface area contributed by atoms with Gasteiger partial charge in [-0.1, -0.05) is 63.2 Å². The van der Waals surface area contributed by atoms with Crippen LogP contribution in [0.15, 0.2) is 59.6 Å². The van der Waals surface area contributed by atoms with E-state index < -0.39 is 5.97 Å². The Bertz CT molecular complexity index is 1120. The summed E-state index contributed by atoms with van der Waals surface area (Å²) in [6.07, 6.45) is 4.48. The van der Waals surface area contributed by atoms with Crippen LogP contribution < -0.4 is 5.32 Å². The molecule has 0 radical (unpaired) electrons. The minimum Gasteiger partial charge on any atom is -0.481 e. The second kappa shape index (κ2) is 12.0. The second-order valence-corrected chi connectivity index (χ2v) is 11.6. The maximum atomic E-state index is 12.4.